The van der Waals surface area contributed by atoms with E-state index in [1.165, 1.54) is 6.07 Å². The van der Waals surface area contributed by atoms with Crippen LogP contribution in [0, 0.1) is 0 Å². The summed E-state index contributed by atoms with van der Waals surface area (Å²) < 4.78 is 0. The van der Waals surface area contributed by atoms with Gasteiger partial charge in [-0.25, -0.2) is 5.48 Å². The van der Waals surface area contributed by atoms with Crippen LogP contribution in [0.15, 0.2) is 6.07 Å². The molecule has 0 saturated heterocycles. The summed E-state index contributed by atoms with van der Waals surface area (Å²) in [5.74, 6) is -0.506. The lowest BCUT2D eigenvalue weighted by Crippen LogP contribution is -2.24. The maximum absolute atomic E-state index is 11.3. The fourth-order valence-electron chi connectivity index (χ4n) is 0.705. The number of nitrogens with one attached hydrogen (secondary N) is 1. The van der Waals surface area contributed by atoms with Gasteiger partial charge in [-0.1, -0.05) is 23.2 Å². The van der Waals surface area contributed by atoms with Gasteiger partial charge in [-0.15, -0.1) is 10.2 Å². The number of amides is 1. The zero-order valence-electron chi connectivity index (χ0n) is 7.25. The molecule has 1 N–H and O–H groups in total. The monoisotopic (exact) mass is 235 g/mol. The number of rotatable bonds is 3. The second-order valence-corrected chi connectivity index (χ2v) is 2.98. The Bertz CT molecular complexity index is 346. The number of hydroxylamine groups is 1. The van der Waals surface area contributed by atoms with Gasteiger partial charge in [0.1, 0.15) is 0 Å². The van der Waals surface area contributed by atoms with Gasteiger partial charge in [-0.3, -0.25) is 9.63 Å². The Hall–Kier alpha value is -0.910. The molecule has 7 heteroatoms. The van der Waals surface area contributed by atoms with E-state index in [9.17, 15) is 4.79 Å². The molecule has 1 heterocycles. The average molecular weight is 236 g/mol. The molecule has 5 nitrogen and oxygen atoms in total. The number of carbonyl (C=O) groups excluding carboxylic acids is 1. The van der Waals surface area contributed by atoms with Crippen LogP contribution in [0.5, 0.6) is 0 Å². The van der Waals surface area contributed by atoms with Crippen molar-refractivity contribution >= 4 is 29.1 Å². The van der Waals surface area contributed by atoms with Crippen molar-refractivity contribution in [3.63, 3.8) is 0 Å². The molecule has 0 unspecified atom stereocenters. The van der Waals surface area contributed by atoms with E-state index in [4.69, 9.17) is 28.0 Å². The summed E-state index contributed by atoms with van der Waals surface area (Å²) in [4.78, 5) is 16.0. The molecule has 1 aromatic heterocycles. The van der Waals surface area contributed by atoms with Crippen molar-refractivity contribution in [3.8, 4) is 0 Å². The first-order valence-corrected chi connectivity index (χ1v) is 4.51. The summed E-state index contributed by atoms with van der Waals surface area (Å²) in [6.45, 7) is 2.09. The number of carbonyl (C=O) groups is 1. The van der Waals surface area contributed by atoms with E-state index in [1.54, 1.807) is 6.92 Å². The molecule has 0 aliphatic heterocycles. The highest BCUT2D eigenvalue weighted by Crippen LogP contribution is 2.14. The van der Waals surface area contributed by atoms with Crippen LogP contribution in [-0.4, -0.2) is 22.7 Å². The van der Waals surface area contributed by atoms with Crippen LogP contribution >= 0.6 is 23.2 Å². The van der Waals surface area contributed by atoms with Gasteiger partial charge in [0.15, 0.2) is 10.3 Å². The number of aromatic nitrogens is 2. The minimum atomic E-state index is -0.506. The molecule has 0 aliphatic carbocycles. The highest BCUT2D eigenvalue weighted by molar-refractivity contribution is 6.34. The van der Waals surface area contributed by atoms with Crippen molar-refractivity contribution in [2.75, 3.05) is 6.61 Å². The normalized spacial score (nSPS) is 9.93. The molecule has 1 amide bonds. The summed E-state index contributed by atoms with van der Waals surface area (Å²) in [5, 5.41) is 7.01. The second kappa shape index (κ2) is 5.09. The Kier molecular flexibility index (Phi) is 4.06. The van der Waals surface area contributed by atoms with Gasteiger partial charge >= 0.3 is 0 Å². The first-order valence-electron chi connectivity index (χ1n) is 3.76. The smallest absolute Gasteiger partial charge is 0.274 e. The lowest BCUT2D eigenvalue weighted by Gasteiger charge is -2.04. The zero-order chi connectivity index (χ0) is 10.6. The van der Waals surface area contributed by atoms with Gasteiger partial charge in [-0.2, -0.15) is 0 Å². The predicted octanol–water partition coefficient (Wildman–Crippen LogP) is 1.46. The first kappa shape index (κ1) is 11.2. The van der Waals surface area contributed by atoms with Crippen molar-refractivity contribution in [1.29, 1.82) is 0 Å². The molecule has 0 saturated carbocycles. The standard InChI is InChI=1S/C7H7Cl2N3O2/c1-2-14-12-7(13)4-3-5(8)10-11-6(4)9/h3H,2H2,1H3,(H,12,13). The molecule has 0 spiro atoms. The molecule has 1 aromatic rings. The fourth-order valence-corrected chi connectivity index (χ4v) is 1.03. The zero-order valence-corrected chi connectivity index (χ0v) is 8.76. The van der Waals surface area contributed by atoms with Crippen LogP contribution in [0.2, 0.25) is 10.3 Å². The highest BCUT2D eigenvalue weighted by atomic mass is 35.5. The number of nitrogens with zero attached hydrogens (tertiary/aromatic N) is 2. The Morgan fingerprint density at radius 3 is 2.93 bits per heavy atom. The number of hydrogen-bond donors (Lipinski definition) is 1. The molecule has 0 atom stereocenters. The van der Waals surface area contributed by atoms with E-state index in [0.717, 1.165) is 0 Å². The van der Waals surface area contributed by atoms with Crippen molar-refractivity contribution in [1.82, 2.24) is 15.7 Å². The molecular formula is C7H7Cl2N3O2. The summed E-state index contributed by atoms with van der Waals surface area (Å²) in [7, 11) is 0. The lowest BCUT2D eigenvalue weighted by atomic mass is 10.3. The fraction of sp³-hybridized carbons (Fsp3) is 0.286. The lowest BCUT2D eigenvalue weighted by molar-refractivity contribution is 0.0364. The molecule has 1 rings (SSSR count). The van der Waals surface area contributed by atoms with Crippen LogP contribution in [0.4, 0.5) is 0 Å². The minimum absolute atomic E-state index is 0.0217. The molecular weight excluding hydrogens is 229 g/mol. The van der Waals surface area contributed by atoms with E-state index in [-0.39, 0.29) is 15.9 Å². The summed E-state index contributed by atoms with van der Waals surface area (Å²) in [6, 6.07) is 1.31. The maximum Gasteiger partial charge on any atom is 0.278 e. The molecule has 0 fully saturated rings. The summed E-state index contributed by atoms with van der Waals surface area (Å²) in [6.07, 6.45) is 0. The van der Waals surface area contributed by atoms with E-state index in [2.05, 4.69) is 15.7 Å². The van der Waals surface area contributed by atoms with Crippen LogP contribution < -0.4 is 5.48 Å². The molecule has 0 aliphatic rings. The molecule has 76 valence electrons. The Balaban J connectivity index is 2.83. The van der Waals surface area contributed by atoms with Crippen LogP contribution in [0.1, 0.15) is 17.3 Å². The minimum Gasteiger partial charge on any atom is -0.274 e. The third kappa shape index (κ3) is 2.80. The van der Waals surface area contributed by atoms with Gasteiger partial charge in [0.05, 0.1) is 12.2 Å². The van der Waals surface area contributed by atoms with Gasteiger partial charge in [-0.05, 0) is 13.0 Å². The quantitative estimate of drug-likeness (QED) is 0.807. The van der Waals surface area contributed by atoms with Gasteiger partial charge < -0.3 is 0 Å². The van der Waals surface area contributed by atoms with E-state index < -0.39 is 5.91 Å². The van der Waals surface area contributed by atoms with Crippen molar-refractivity contribution in [3.05, 3.63) is 21.9 Å². The van der Waals surface area contributed by atoms with Crippen LogP contribution in [-0.2, 0) is 4.84 Å². The van der Waals surface area contributed by atoms with E-state index in [1.807, 2.05) is 0 Å². The second-order valence-electron chi connectivity index (χ2n) is 2.24. The Morgan fingerprint density at radius 1 is 1.57 bits per heavy atom. The number of hydrogen-bond acceptors (Lipinski definition) is 4. The summed E-state index contributed by atoms with van der Waals surface area (Å²) >= 11 is 11.2. The van der Waals surface area contributed by atoms with Gasteiger partial charge in [0.2, 0.25) is 0 Å². The molecule has 14 heavy (non-hydrogen) atoms. The molecule has 0 radical (unpaired) electrons. The maximum atomic E-state index is 11.3. The van der Waals surface area contributed by atoms with Crippen LogP contribution in [0.25, 0.3) is 0 Å². The van der Waals surface area contributed by atoms with E-state index in [0.29, 0.717) is 6.61 Å². The van der Waals surface area contributed by atoms with Crippen LogP contribution in [0.3, 0.4) is 0 Å². The Morgan fingerprint density at radius 2 is 2.29 bits per heavy atom. The van der Waals surface area contributed by atoms with E-state index >= 15 is 0 Å². The van der Waals surface area contributed by atoms with Crippen molar-refractivity contribution in [2.45, 2.75) is 6.92 Å². The Labute approximate surface area is 90.3 Å². The molecule has 0 bridgehead atoms. The first-order chi connectivity index (χ1) is 6.65. The topological polar surface area (TPSA) is 64.1 Å². The summed E-state index contributed by atoms with van der Waals surface area (Å²) in [5.41, 5.74) is 2.29. The third-order valence-corrected chi connectivity index (χ3v) is 1.74. The van der Waals surface area contributed by atoms with Gasteiger partial charge in [0.25, 0.3) is 5.91 Å². The molecule has 0 aromatic carbocycles. The highest BCUT2D eigenvalue weighted by Gasteiger charge is 2.12. The SMILES string of the molecule is CCONC(=O)c1cc(Cl)nnc1Cl. The number of halogens is 2. The average Bonchev–Trinajstić information content (AvgIpc) is 2.18. The van der Waals surface area contributed by atoms with Crippen molar-refractivity contribution in [2.24, 2.45) is 0 Å². The largest absolute Gasteiger partial charge is 0.278 e. The van der Waals surface area contributed by atoms with Gasteiger partial charge in [0, 0.05) is 0 Å². The predicted molar refractivity (Wildman–Crippen MR) is 51.1 cm³/mol. The third-order valence-electron chi connectivity index (χ3n) is 1.27. The van der Waals surface area contributed by atoms with Crippen molar-refractivity contribution < 1.29 is 9.63 Å².